The van der Waals surface area contributed by atoms with Crippen molar-refractivity contribution >= 4 is 43.7 Å². The van der Waals surface area contributed by atoms with Crippen LogP contribution in [-0.4, -0.2) is 36.4 Å². The Balaban J connectivity index is 0.000000618. The first-order valence-corrected chi connectivity index (χ1v) is 30.2. The Morgan fingerprint density at radius 2 is 1.15 bits per heavy atom. The van der Waals surface area contributed by atoms with Gasteiger partial charge in [0.2, 0.25) is 0 Å². The maximum Gasteiger partial charge on any atom is 2.00 e. The molecule has 2 aromatic carbocycles. The minimum absolute atomic E-state index is 0. The Hall–Kier alpha value is -0.927. The maximum absolute atomic E-state index is 3.49. The van der Waals surface area contributed by atoms with E-state index < -0.39 is 16.1 Å². The van der Waals surface area contributed by atoms with Crippen LogP contribution in [0, 0.1) is 35.5 Å². The van der Waals surface area contributed by atoms with E-state index in [0.717, 1.165) is 35.5 Å². The quantitative estimate of drug-likeness (QED) is 0.0958. The number of nitrogens with one attached hydrogen (secondary N) is 2. The van der Waals surface area contributed by atoms with Crippen molar-refractivity contribution in [2.75, 3.05) is 0 Å². The molecule has 0 aliphatic heterocycles. The Morgan fingerprint density at radius 3 is 1.45 bits per heavy atom. The van der Waals surface area contributed by atoms with Crippen molar-refractivity contribution in [1.29, 1.82) is 0 Å². The van der Waals surface area contributed by atoms with Crippen LogP contribution in [0.2, 0.25) is 39.3 Å². The molecule has 12 rings (SSSR count). The summed E-state index contributed by atoms with van der Waals surface area (Å²) < 4.78 is 0. The number of aromatic nitrogens is 2. The molecule has 1 atom stereocenters. The Bertz CT molecular complexity index is 1660. The number of hydrogen-bond donors (Lipinski definition) is 2. The zero-order valence-corrected chi connectivity index (χ0v) is 38.6. The first kappa shape index (κ1) is 38.9. The molecule has 8 aliphatic carbocycles. The van der Waals surface area contributed by atoms with Crippen molar-refractivity contribution in [3.8, 4) is 0 Å². The van der Waals surface area contributed by atoms with Crippen molar-refractivity contribution in [3.63, 3.8) is 0 Å². The van der Waals surface area contributed by atoms with Crippen LogP contribution >= 0.6 is 17.2 Å². The van der Waals surface area contributed by atoms with Crippen molar-refractivity contribution in [2.24, 2.45) is 35.5 Å². The summed E-state index contributed by atoms with van der Waals surface area (Å²) in [4.78, 5) is 6.97. The summed E-state index contributed by atoms with van der Waals surface area (Å²) >= 11 is 0. The van der Waals surface area contributed by atoms with Gasteiger partial charge in [0.05, 0.1) is 8.07 Å². The van der Waals surface area contributed by atoms with E-state index in [2.05, 4.69) is 101 Å². The van der Waals surface area contributed by atoms with E-state index in [0.29, 0.717) is 10.3 Å². The number of hydrogen-bond acceptors (Lipinski definition) is 0. The average Bonchev–Trinajstić information content (AvgIpc) is 3.89. The minimum Gasteiger partial charge on any atom is -0.367 e. The number of aromatic amines is 2. The minimum atomic E-state index is -1.68. The van der Waals surface area contributed by atoms with Crippen LogP contribution < -0.4 is 10.4 Å². The molecule has 8 aliphatic rings. The molecule has 8 bridgehead atoms. The van der Waals surface area contributed by atoms with Crippen LogP contribution in [0.4, 0.5) is 0 Å². The molecular weight excluding hydrogens is 754 g/mol. The second-order valence-electron chi connectivity index (χ2n) is 21.2. The van der Waals surface area contributed by atoms with E-state index >= 15 is 0 Å². The fraction of sp³-hybridized carbons (Fsp3) is 0.609. The molecule has 2 nitrogen and oxygen atoms in total. The van der Waals surface area contributed by atoms with Gasteiger partial charge in [0.15, 0.2) is 0 Å². The van der Waals surface area contributed by atoms with Crippen LogP contribution in [-0.2, 0) is 28.4 Å². The molecule has 8 saturated carbocycles. The second kappa shape index (κ2) is 14.2. The van der Waals surface area contributed by atoms with Crippen LogP contribution in [0.25, 0.3) is 0 Å². The van der Waals surface area contributed by atoms with Crippen molar-refractivity contribution in [1.82, 2.24) is 9.97 Å². The molecule has 2 heterocycles. The summed E-state index contributed by atoms with van der Waals surface area (Å²) in [6, 6.07) is 17.5. The molecule has 4 aromatic rings. The van der Waals surface area contributed by atoms with Gasteiger partial charge in [0.25, 0.3) is 0 Å². The van der Waals surface area contributed by atoms with Gasteiger partial charge in [-0.1, -0.05) is 47.2 Å². The van der Waals surface area contributed by atoms with Gasteiger partial charge in [0, 0.05) is 38.0 Å². The zero-order chi connectivity index (χ0) is 36.1. The van der Waals surface area contributed by atoms with Gasteiger partial charge in [-0.2, -0.15) is 39.7 Å². The molecule has 8 fully saturated rings. The van der Waals surface area contributed by atoms with Gasteiger partial charge in [-0.05, 0) is 152 Å². The second-order valence-corrected chi connectivity index (χ2v) is 35.1. The fourth-order valence-corrected chi connectivity index (χ4v) is 26.0. The van der Waals surface area contributed by atoms with Crippen LogP contribution in [0.1, 0.15) is 99.3 Å². The van der Waals surface area contributed by atoms with Crippen molar-refractivity contribution < 1.29 is 17.1 Å². The van der Waals surface area contributed by atoms with Crippen LogP contribution in [0.15, 0.2) is 73.3 Å². The van der Waals surface area contributed by atoms with Gasteiger partial charge in [0.1, 0.15) is 0 Å². The average molecular weight is 821 g/mol. The van der Waals surface area contributed by atoms with Gasteiger partial charge < -0.3 is 9.97 Å². The molecule has 0 radical (unpaired) electrons. The molecule has 2 aromatic heterocycles. The van der Waals surface area contributed by atoms with Crippen molar-refractivity contribution in [3.05, 3.63) is 95.6 Å². The SMILES string of the molecule is C[Si](C)(C)c1cc(C(P)(c2cc[nH]c2)c2cc[nH]c2)c(CP(C23CC4CC(CC(C4)C2)C3)C23CC4CC(CC(C4)C2)C3)[c-]1[Si](C)(C)C.[Fe+2].c1cc[cH-]c1. The molecule has 53 heavy (non-hydrogen) atoms. The Kier molecular flexibility index (Phi) is 10.4. The van der Waals surface area contributed by atoms with Gasteiger partial charge in [-0.15, -0.1) is 9.24 Å². The molecule has 1 unspecified atom stereocenters. The van der Waals surface area contributed by atoms with Gasteiger partial charge in [-0.3, -0.25) is 0 Å². The summed E-state index contributed by atoms with van der Waals surface area (Å²) in [7, 11) is 0.0447. The summed E-state index contributed by atoms with van der Waals surface area (Å²) in [6.45, 7) is 16.0. The van der Waals surface area contributed by atoms with E-state index in [-0.39, 0.29) is 30.1 Å². The molecule has 0 amide bonds. The third kappa shape index (κ3) is 6.84. The number of rotatable bonds is 9. The molecule has 7 heteroatoms. The number of H-pyrrole nitrogens is 2. The van der Waals surface area contributed by atoms with E-state index in [4.69, 9.17) is 0 Å². The molecule has 0 spiro atoms. The van der Waals surface area contributed by atoms with E-state index in [9.17, 15) is 0 Å². The predicted molar refractivity (Wildman–Crippen MR) is 234 cm³/mol. The fourth-order valence-electron chi connectivity index (χ4n) is 14.3. The van der Waals surface area contributed by atoms with Crippen LogP contribution in [0.3, 0.4) is 0 Å². The van der Waals surface area contributed by atoms with E-state index in [1.54, 1.807) is 87.8 Å². The standard InChI is InChI=1S/C41H61N2P2Si2.C5H5.Fe/c1-46(2,3)37-17-36(41(44,33-7-9-42-24-33)34-8-10-43-25-34)35(38(37)47(4,5)6)26-45(39-18-27-11-28(19-39)13-29(12-27)20-39)40-21-30-14-31(22-40)16-32(15-30)23-40;1-2-4-5-3-1;/h7-10,17,24-25,27-32,42-43H,11-16,18-23,26,44H2,1-6H3;1-5H;/q2*-1;+2. The largest absolute Gasteiger partial charge is 2.00 e. The first-order chi connectivity index (χ1) is 24.8. The smallest absolute Gasteiger partial charge is 0.367 e. The normalized spacial score (nSPS) is 33.4. The Labute approximate surface area is 337 Å². The summed E-state index contributed by atoms with van der Waals surface area (Å²) in [5.74, 6) is 6.22. The summed E-state index contributed by atoms with van der Waals surface area (Å²) in [6.07, 6.45) is 29.3. The van der Waals surface area contributed by atoms with E-state index in [1.807, 2.05) is 41.1 Å². The third-order valence-corrected chi connectivity index (χ3v) is 24.6. The summed E-state index contributed by atoms with van der Waals surface area (Å²) in [5, 5.41) is 4.74. The van der Waals surface area contributed by atoms with Crippen molar-refractivity contribution in [2.45, 2.75) is 138 Å². The molecule has 2 N–H and O–H groups in total. The van der Waals surface area contributed by atoms with Gasteiger partial charge >= 0.3 is 17.1 Å². The van der Waals surface area contributed by atoms with E-state index in [1.165, 1.54) is 17.3 Å². The maximum atomic E-state index is 3.49. The first-order valence-electron chi connectivity index (χ1n) is 21.1. The zero-order valence-electron chi connectivity index (χ0n) is 33.5. The molecular formula is C46H66FeN2P2Si2. The molecule has 0 saturated heterocycles. The summed E-state index contributed by atoms with van der Waals surface area (Å²) in [5.41, 5.74) is 6.30. The van der Waals surface area contributed by atoms with Gasteiger partial charge in [-0.25, -0.2) is 18.2 Å². The Morgan fingerprint density at radius 1 is 0.736 bits per heavy atom. The molecule has 286 valence electrons. The van der Waals surface area contributed by atoms with Crippen LogP contribution in [0.5, 0.6) is 0 Å². The monoisotopic (exact) mass is 820 g/mol. The third-order valence-electron chi connectivity index (χ3n) is 15.3. The topological polar surface area (TPSA) is 31.6 Å². The predicted octanol–water partition coefficient (Wildman–Crippen LogP) is 11.6.